The van der Waals surface area contributed by atoms with Crippen LogP contribution in [-0.2, 0) is 21.5 Å². The van der Waals surface area contributed by atoms with E-state index in [1.54, 1.807) is 0 Å². The molecule has 0 radical (unpaired) electrons. The second kappa shape index (κ2) is 8.57. The molecule has 2 bridgehead atoms. The van der Waals surface area contributed by atoms with Crippen molar-refractivity contribution >= 4 is 12.3 Å². The molecule has 1 aromatic rings. The van der Waals surface area contributed by atoms with Crippen LogP contribution in [0, 0.1) is 0 Å². The highest BCUT2D eigenvalue weighted by atomic mass is 16.2. The van der Waals surface area contributed by atoms with Gasteiger partial charge in [0.2, 0.25) is 12.3 Å². The summed E-state index contributed by atoms with van der Waals surface area (Å²) < 4.78 is 0. The Morgan fingerprint density at radius 2 is 1.81 bits per heavy atom. The van der Waals surface area contributed by atoms with E-state index in [1.807, 2.05) is 0 Å². The molecule has 1 aromatic carbocycles. The largest absolute Gasteiger partial charge is 0.339 e. The fourth-order valence-electron chi connectivity index (χ4n) is 6.95. The van der Waals surface area contributed by atoms with Gasteiger partial charge in [0.1, 0.15) is 0 Å². The van der Waals surface area contributed by atoms with Gasteiger partial charge in [-0.15, -0.1) is 0 Å². The number of rotatable bonds is 5. The molecule has 5 heteroatoms. The van der Waals surface area contributed by atoms with Gasteiger partial charge in [-0.2, -0.15) is 0 Å². The summed E-state index contributed by atoms with van der Waals surface area (Å²) in [6.07, 6.45) is 10.7. The molecule has 5 nitrogen and oxygen atoms in total. The lowest BCUT2D eigenvalue weighted by Gasteiger charge is -2.51. The number of hydrogen-bond donors (Lipinski definition) is 0. The van der Waals surface area contributed by atoms with Gasteiger partial charge in [-0.05, 0) is 69.2 Å². The third kappa shape index (κ3) is 3.79. The zero-order chi connectivity index (χ0) is 21.4. The van der Waals surface area contributed by atoms with Crippen molar-refractivity contribution in [1.29, 1.82) is 0 Å². The van der Waals surface area contributed by atoms with Crippen LogP contribution in [0.2, 0.25) is 0 Å². The molecule has 4 heterocycles. The smallest absolute Gasteiger partial charge is 0.222 e. The number of fused-ring (bicyclic) bond motifs is 4. The lowest BCUT2D eigenvalue weighted by molar-refractivity contribution is -0.134. The van der Waals surface area contributed by atoms with Crippen molar-refractivity contribution in [3.05, 3.63) is 35.4 Å². The molecule has 2 amide bonds. The fourth-order valence-corrected chi connectivity index (χ4v) is 6.95. The molecule has 2 atom stereocenters. The summed E-state index contributed by atoms with van der Waals surface area (Å²) in [6, 6.07) is 10.4. The summed E-state index contributed by atoms with van der Waals surface area (Å²) in [7, 11) is 0. The van der Waals surface area contributed by atoms with Crippen molar-refractivity contribution in [1.82, 2.24) is 14.7 Å². The Balaban J connectivity index is 1.30. The molecule has 31 heavy (non-hydrogen) atoms. The standard InChI is InChI=1S/C26H37N3O2/c1-2-3-8-25(31)28-17-20-6-4-5-7-24(20)26(18-28)11-13-27(14-12-26)23-15-21-9-10-22(16-23)29(21)19-30/h4-7,19,21-23H,2-3,8-18H2,1H3. The molecule has 0 saturated carbocycles. The van der Waals surface area contributed by atoms with E-state index >= 15 is 0 Å². The Morgan fingerprint density at radius 1 is 1.10 bits per heavy atom. The van der Waals surface area contributed by atoms with Gasteiger partial charge in [0, 0.05) is 43.1 Å². The lowest BCUT2D eigenvalue weighted by Crippen LogP contribution is -2.57. The minimum Gasteiger partial charge on any atom is -0.339 e. The van der Waals surface area contributed by atoms with Crippen LogP contribution < -0.4 is 0 Å². The van der Waals surface area contributed by atoms with Crippen LogP contribution in [0.3, 0.4) is 0 Å². The van der Waals surface area contributed by atoms with E-state index in [4.69, 9.17) is 0 Å². The van der Waals surface area contributed by atoms with Crippen molar-refractivity contribution in [3.8, 4) is 0 Å². The quantitative estimate of drug-likeness (QED) is 0.678. The fraction of sp³-hybridized carbons (Fsp3) is 0.692. The topological polar surface area (TPSA) is 43.9 Å². The molecule has 1 spiro atoms. The van der Waals surface area contributed by atoms with Gasteiger partial charge >= 0.3 is 0 Å². The highest BCUT2D eigenvalue weighted by Crippen LogP contribution is 2.44. The van der Waals surface area contributed by atoms with Gasteiger partial charge in [-0.25, -0.2) is 0 Å². The number of piperidine rings is 2. The lowest BCUT2D eigenvalue weighted by atomic mass is 9.68. The first kappa shape index (κ1) is 21.0. The first-order valence-corrected chi connectivity index (χ1v) is 12.5. The average Bonchev–Trinajstić information content (AvgIpc) is 3.05. The van der Waals surface area contributed by atoms with E-state index in [0.717, 1.165) is 71.1 Å². The molecule has 0 N–H and O–H groups in total. The van der Waals surface area contributed by atoms with Crippen molar-refractivity contribution < 1.29 is 9.59 Å². The van der Waals surface area contributed by atoms with Gasteiger partial charge < -0.3 is 14.7 Å². The Kier molecular flexibility index (Phi) is 5.80. The van der Waals surface area contributed by atoms with Crippen LogP contribution in [0.5, 0.6) is 0 Å². The number of amides is 2. The van der Waals surface area contributed by atoms with E-state index in [2.05, 4.69) is 45.9 Å². The zero-order valence-corrected chi connectivity index (χ0v) is 19.0. The van der Waals surface area contributed by atoms with Crippen molar-refractivity contribution in [2.45, 2.75) is 94.8 Å². The molecule has 0 aliphatic carbocycles. The van der Waals surface area contributed by atoms with E-state index in [-0.39, 0.29) is 5.41 Å². The molecule has 4 aliphatic heterocycles. The maximum Gasteiger partial charge on any atom is 0.222 e. The summed E-state index contributed by atoms with van der Waals surface area (Å²) >= 11 is 0. The molecule has 3 fully saturated rings. The van der Waals surface area contributed by atoms with E-state index in [1.165, 1.54) is 24.0 Å². The number of carbonyl (C=O) groups is 2. The molecule has 0 aromatic heterocycles. The number of benzene rings is 1. The number of carbonyl (C=O) groups excluding carboxylic acids is 2. The summed E-state index contributed by atoms with van der Waals surface area (Å²) in [5.74, 6) is 0.330. The Morgan fingerprint density at radius 3 is 2.48 bits per heavy atom. The third-order valence-corrected chi connectivity index (χ3v) is 8.70. The van der Waals surface area contributed by atoms with Crippen LogP contribution in [0.4, 0.5) is 0 Å². The average molecular weight is 424 g/mol. The molecule has 3 saturated heterocycles. The second-order valence-corrected chi connectivity index (χ2v) is 10.4. The molecule has 168 valence electrons. The minimum absolute atomic E-state index is 0.107. The predicted octanol–water partition coefficient (Wildman–Crippen LogP) is 3.70. The van der Waals surface area contributed by atoms with Gasteiger partial charge in [0.15, 0.2) is 0 Å². The zero-order valence-electron chi connectivity index (χ0n) is 19.0. The van der Waals surface area contributed by atoms with Crippen molar-refractivity contribution in [3.63, 3.8) is 0 Å². The molecule has 2 unspecified atom stereocenters. The van der Waals surface area contributed by atoms with Crippen LogP contribution in [-0.4, -0.2) is 64.8 Å². The first-order valence-electron chi connectivity index (χ1n) is 12.5. The van der Waals surface area contributed by atoms with Crippen LogP contribution in [0.1, 0.15) is 75.8 Å². The third-order valence-electron chi connectivity index (χ3n) is 8.70. The SMILES string of the molecule is CCCCC(=O)N1Cc2ccccc2C2(CCN(C3CC4CCC(C3)N4C=O)CC2)C1. The number of unbranched alkanes of at least 4 members (excludes halogenated alkanes) is 1. The Labute approximate surface area is 186 Å². The van der Waals surface area contributed by atoms with E-state index in [9.17, 15) is 9.59 Å². The van der Waals surface area contributed by atoms with Crippen molar-refractivity contribution in [2.75, 3.05) is 19.6 Å². The first-order chi connectivity index (χ1) is 15.1. The summed E-state index contributed by atoms with van der Waals surface area (Å²) in [4.78, 5) is 31.3. The summed E-state index contributed by atoms with van der Waals surface area (Å²) in [5.41, 5.74) is 2.95. The van der Waals surface area contributed by atoms with Gasteiger partial charge in [-0.1, -0.05) is 37.6 Å². The summed E-state index contributed by atoms with van der Waals surface area (Å²) in [6.45, 7) is 6.03. The summed E-state index contributed by atoms with van der Waals surface area (Å²) in [5, 5.41) is 0. The van der Waals surface area contributed by atoms with Gasteiger partial charge in [0.05, 0.1) is 0 Å². The van der Waals surface area contributed by atoms with Crippen LogP contribution in [0.25, 0.3) is 0 Å². The molecular formula is C26H37N3O2. The second-order valence-electron chi connectivity index (χ2n) is 10.4. The number of likely N-dealkylation sites (tertiary alicyclic amines) is 1. The molecular weight excluding hydrogens is 386 g/mol. The molecule has 5 rings (SSSR count). The van der Waals surface area contributed by atoms with Crippen LogP contribution >= 0.6 is 0 Å². The number of hydrogen-bond acceptors (Lipinski definition) is 3. The highest BCUT2D eigenvalue weighted by Gasteiger charge is 2.46. The normalized spacial score (nSPS) is 29.8. The van der Waals surface area contributed by atoms with E-state index < -0.39 is 0 Å². The van der Waals surface area contributed by atoms with Gasteiger partial charge in [0.25, 0.3) is 0 Å². The Hall–Kier alpha value is -1.88. The van der Waals surface area contributed by atoms with Crippen molar-refractivity contribution in [2.24, 2.45) is 0 Å². The van der Waals surface area contributed by atoms with E-state index in [0.29, 0.717) is 30.5 Å². The molecule has 4 aliphatic rings. The monoisotopic (exact) mass is 423 g/mol. The highest BCUT2D eigenvalue weighted by molar-refractivity contribution is 5.76. The number of nitrogens with zero attached hydrogens (tertiary/aromatic N) is 3. The van der Waals surface area contributed by atoms with Crippen LogP contribution in [0.15, 0.2) is 24.3 Å². The maximum atomic E-state index is 12.9. The van der Waals surface area contributed by atoms with Gasteiger partial charge in [-0.3, -0.25) is 9.59 Å². The Bertz CT molecular complexity index is 803. The maximum absolute atomic E-state index is 12.9. The predicted molar refractivity (Wildman–Crippen MR) is 122 cm³/mol. The minimum atomic E-state index is 0.107.